The zero-order valence-corrected chi connectivity index (χ0v) is 9.54. The van der Waals surface area contributed by atoms with Crippen molar-refractivity contribution in [3.05, 3.63) is 18.0 Å². The Kier molecular flexibility index (Phi) is 3.22. The van der Waals surface area contributed by atoms with E-state index in [4.69, 9.17) is 0 Å². The lowest BCUT2D eigenvalue weighted by atomic mass is 9.96. The third-order valence-corrected chi connectivity index (χ3v) is 3.01. The fourth-order valence-corrected chi connectivity index (χ4v) is 1.96. The van der Waals surface area contributed by atoms with E-state index in [1.165, 1.54) is 0 Å². The number of rotatable bonds is 1. The van der Waals surface area contributed by atoms with Gasteiger partial charge in [0.2, 0.25) is 5.95 Å². The standard InChI is InChI=1S/C11H14F3N3/c1-8-6-15-10(16-7-8)17-4-2-9(3-5-17)11(12,13)14/h6-7,9H,2-5H2,1H3. The molecule has 2 heterocycles. The third-order valence-electron chi connectivity index (χ3n) is 3.01. The van der Waals surface area contributed by atoms with E-state index < -0.39 is 12.1 Å². The van der Waals surface area contributed by atoms with Crippen molar-refractivity contribution in [1.82, 2.24) is 9.97 Å². The Labute approximate surface area is 97.7 Å². The molecule has 0 aliphatic carbocycles. The van der Waals surface area contributed by atoms with Gasteiger partial charge in [0.1, 0.15) is 0 Å². The van der Waals surface area contributed by atoms with Crippen LogP contribution in [0.4, 0.5) is 19.1 Å². The van der Waals surface area contributed by atoms with Crippen LogP contribution >= 0.6 is 0 Å². The lowest BCUT2D eigenvalue weighted by Crippen LogP contribution is -2.39. The molecule has 94 valence electrons. The monoisotopic (exact) mass is 245 g/mol. The second-order valence-electron chi connectivity index (χ2n) is 4.36. The van der Waals surface area contributed by atoms with Crippen molar-refractivity contribution < 1.29 is 13.2 Å². The summed E-state index contributed by atoms with van der Waals surface area (Å²) in [5, 5.41) is 0. The van der Waals surface area contributed by atoms with Gasteiger partial charge in [0.05, 0.1) is 5.92 Å². The smallest absolute Gasteiger partial charge is 0.341 e. The maximum Gasteiger partial charge on any atom is 0.391 e. The fourth-order valence-electron chi connectivity index (χ4n) is 1.96. The van der Waals surface area contributed by atoms with Crippen LogP contribution in [0.2, 0.25) is 0 Å². The molecule has 0 bridgehead atoms. The number of alkyl halides is 3. The van der Waals surface area contributed by atoms with Crippen LogP contribution in [0.3, 0.4) is 0 Å². The van der Waals surface area contributed by atoms with Crippen LogP contribution in [0.25, 0.3) is 0 Å². The van der Waals surface area contributed by atoms with Crippen molar-refractivity contribution >= 4 is 5.95 Å². The Morgan fingerprint density at radius 1 is 1.18 bits per heavy atom. The average molecular weight is 245 g/mol. The Morgan fingerprint density at radius 2 is 1.71 bits per heavy atom. The van der Waals surface area contributed by atoms with Gasteiger partial charge >= 0.3 is 6.18 Å². The molecule has 1 saturated heterocycles. The van der Waals surface area contributed by atoms with E-state index >= 15 is 0 Å². The second kappa shape index (κ2) is 4.50. The van der Waals surface area contributed by atoms with Crippen molar-refractivity contribution in [2.24, 2.45) is 5.92 Å². The largest absolute Gasteiger partial charge is 0.391 e. The molecule has 1 aliphatic rings. The van der Waals surface area contributed by atoms with Crippen molar-refractivity contribution in [2.45, 2.75) is 25.9 Å². The van der Waals surface area contributed by atoms with Gasteiger partial charge in [-0.15, -0.1) is 0 Å². The van der Waals surface area contributed by atoms with Crippen LogP contribution in [0.1, 0.15) is 18.4 Å². The van der Waals surface area contributed by atoms with Crippen LogP contribution in [-0.2, 0) is 0 Å². The van der Waals surface area contributed by atoms with Crippen molar-refractivity contribution in [1.29, 1.82) is 0 Å². The molecule has 0 saturated carbocycles. The highest BCUT2D eigenvalue weighted by Crippen LogP contribution is 2.34. The summed E-state index contributed by atoms with van der Waals surface area (Å²) < 4.78 is 37.4. The van der Waals surface area contributed by atoms with Gasteiger partial charge in [-0.25, -0.2) is 9.97 Å². The number of aromatic nitrogens is 2. The first kappa shape index (κ1) is 12.1. The predicted molar refractivity (Wildman–Crippen MR) is 57.8 cm³/mol. The van der Waals surface area contributed by atoms with Crippen molar-refractivity contribution in [3.8, 4) is 0 Å². The van der Waals surface area contributed by atoms with E-state index in [1.54, 1.807) is 12.4 Å². The number of halogens is 3. The molecule has 17 heavy (non-hydrogen) atoms. The normalized spacial score (nSPS) is 18.5. The van der Waals surface area contributed by atoms with Gasteiger partial charge < -0.3 is 4.90 Å². The number of hydrogen-bond acceptors (Lipinski definition) is 3. The number of anilines is 1. The molecule has 0 unspecified atom stereocenters. The molecule has 0 amide bonds. The molecule has 1 aromatic heterocycles. The predicted octanol–water partition coefficient (Wildman–Crippen LogP) is 2.56. The quantitative estimate of drug-likeness (QED) is 0.761. The number of aryl methyl sites for hydroxylation is 1. The highest BCUT2D eigenvalue weighted by Gasteiger charge is 2.41. The molecule has 2 rings (SSSR count). The van der Waals surface area contributed by atoms with Crippen LogP contribution in [-0.4, -0.2) is 29.2 Å². The molecule has 1 aliphatic heterocycles. The molecule has 0 spiro atoms. The van der Waals surface area contributed by atoms with Gasteiger partial charge in [-0.1, -0.05) is 0 Å². The zero-order valence-electron chi connectivity index (χ0n) is 9.54. The second-order valence-corrected chi connectivity index (χ2v) is 4.36. The maximum absolute atomic E-state index is 12.5. The highest BCUT2D eigenvalue weighted by molar-refractivity contribution is 5.30. The summed E-state index contributed by atoms with van der Waals surface area (Å²) in [4.78, 5) is 10.1. The van der Waals surface area contributed by atoms with Crippen molar-refractivity contribution in [2.75, 3.05) is 18.0 Å². The van der Waals surface area contributed by atoms with Gasteiger partial charge in [0.15, 0.2) is 0 Å². The topological polar surface area (TPSA) is 29.0 Å². The Bertz CT molecular complexity index is 367. The first-order valence-electron chi connectivity index (χ1n) is 5.57. The molecule has 0 aromatic carbocycles. The molecule has 3 nitrogen and oxygen atoms in total. The molecule has 1 fully saturated rings. The van der Waals surface area contributed by atoms with Gasteiger partial charge in [0.25, 0.3) is 0 Å². The van der Waals surface area contributed by atoms with Gasteiger partial charge in [0, 0.05) is 25.5 Å². The lowest BCUT2D eigenvalue weighted by Gasteiger charge is -2.32. The minimum absolute atomic E-state index is 0.126. The number of hydrogen-bond donors (Lipinski definition) is 0. The van der Waals surface area contributed by atoms with Gasteiger partial charge in [-0.2, -0.15) is 13.2 Å². The molecular formula is C11H14F3N3. The molecule has 6 heteroatoms. The van der Waals surface area contributed by atoms with E-state index in [0.29, 0.717) is 19.0 Å². The Balaban J connectivity index is 1.97. The van der Waals surface area contributed by atoms with E-state index in [2.05, 4.69) is 9.97 Å². The molecule has 1 aromatic rings. The summed E-state index contributed by atoms with van der Waals surface area (Å²) in [6.45, 7) is 2.61. The fraction of sp³-hybridized carbons (Fsp3) is 0.636. The van der Waals surface area contributed by atoms with E-state index in [0.717, 1.165) is 5.56 Å². The first-order valence-corrected chi connectivity index (χ1v) is 5.57. The summed E-state index contributed by atoms with van der Waals surface area (Å²) in [5.74, 6) is -0.652. The van der Waals surface area contributed by atoms with Gasteiger partial charge in [-0.3, -0.25) is 0 Å². The first-order chi connectivity index (χ1) is 7.97. The van der Waals surface area contributed by atoms with Crippen molar-refractivity contribution in [3.63, 3.8) is 0 Å². The van der Waals surface area contributed by atoms with E-state index in [9.17, 15) is 13.2 Å². The van der Waals surface area contributed by atoms with E-state index in [1.807, 2.05) is 11.8 Å². The SMILES string of the molecule is Cc1cnc(N2CCC(C(F)(F)F)CC2)nc1. The van der Waals surface area contributed by atoms with Crippen LogP contribution in [0, 0.1) is 12.8 Å². The maximum atomic E-state index is 12.5. The third kappa shape index (κ3) is 2.87. The molecular weight excluding hydrogens is 231 g/mol. The number of piperidine rings is 1. The van der Waals surface area contributed by atoms with Crippen LogP contribution in [0.5, 0.6) is 0 Å². The average Bonchev–Trinajstić information content (AvgIpc) is 2.29. The Morgan fingerprint density at radius 3 is 2.18 bits per heavy atom. The summed E-state index contributed by atoms with van der Waals surface area (Å²) in [6, 6.07) is 0. The summed E-state index contributed by atoms with van der Waals surface area (Å²) in [5.41, 5.74) is 0.943. The Hall–Kier alpha value is -1.33. The lowest BCUT2D eigenvalue weighted by molar-refractivity contribution is -0.179. The van der Waals surface area contributed by atoms with Crippen LogP contribution < -0.4 is 4.90 Å². The zero-order chi connectivity index (χ0) is 12.5. The van der Waals surface area contributed by atoms with Crippen LogP contribution in [0.15, 0.2) is 12.4 Å². The summed E-state index contributed by atoms with van der Waals surface area (Å²) in [7, 11) is 0. The molecule has 0 N–H and O–H groups in total. The minimum Gasteiger partial charge on any atom is -0.341 e. The summed E-state index contributed by atoms with van der Waals surface area (Å²) >= 11 is 0. The van der Waals surface area contributed by atoms with Gasteiger partial charge in [-0.05, 0) is 25.3 Å². The molecule has 0 radical (unpaired) electrons. The van der Waals surface area contributed by atoms with E-state index in [-0.39, 0.29) is 12.8 Å². The summed E-state index contributed by atoms with van der Waals surface area (Å²) in [6.07, 6.45) is -0.460. The highest BCUT2D eigenvalue weighted by atomic mass is 19.4. The molecule has 0 atom stereocenters. The minimum atomic E-state index is -4.07. The number of nitrogens with zero attached hydrogens (tertiary/aromatic N) is 3.